The highest BCUT2D eigenvalue weighted by Gasteiger charge is 2.21. The smallest absolute Gasteiger partial charge is 0.273 e. The fourth-order valence-corrected chi connectivity index (χ4v) is 3.57. The summed E-state index contributed by atoms with van der Waals surface area (Å²) in [6, 6.07) is 7.90. The normalized spacial score (nSPS) is 15.5. The molecule has 1 heterocycles. The molecule has 0 spiro atoms. The lowest BCUT2D eigenvalue weighted by molar-refractivity contribution is -0.120. The number of nitrogens with one attached hydrogen (secondary N) is 1. The van der Waals surface area contributed by atoms with Gasteiger partial charge in [-0.05, 0) is 30.5 Å². The second-order valence-electron chi connectivity index (χ2n) is 5.60. The molecule has 1 fully saturated rings. The van der Waals surface area contributed by atoms with Crippen LogP contribution in [0.3, 0.4) is 0 Å². The second kappa shape index (κ2) is 6.92. The van der Waals surface area contributed by atoms with Crippen molar-refractivity contribution < 1.29 is 9.53 Å². The van der Waals surface area contributed by atoms with Crippen LogP contribution in [-0.2, 0) is 4.79 Å². The molecule has 0 unspecified atom stereocenters. The van der Waals surface area contributed by atoms with Gasteiger partial charge < -0.3 is 10.1 Å². The third kappa shape index (κ3) is 3.47. The van der Waals surface area contributed by atoms with Gasteiger partial charge in [-0.1, -0.05) is 42.7 Å². The largest absolute Gasteiger partial charge is 0.473 e. The van der Waals surface area contributed by atoms with Gasteiger partial charge in [0.15, 0.2) is 0 Å². The maximum atomic E-state index is 12.3. The first-order valence-electron chi connectivity index (χ1n) is 7.67. The van der Waals surface area contributed by atoms with E-state index in [-0.39, 0.29) is 11.8 Å². The molecule has 0 bridgehead atoms. The minimum Gasteiger partial charge on any atom is -0.473 e. The van der Waals surface area contributed by atoms with E-state index >= 15 is 0 Å². The van der Waals surface area contributed by atoms with Crippen LogP contribution in [0.5, 0.6) is 5.19 Å². The molecule has 1 aliphatic carbocycles. The number of carbonyl (C=O) groups is 1. The van der Waals surface area contributed by atoms with Gasteiger partial charge in [-0.15, -0.1) is 0 Å². The van der Waals surface area contributed by atoms with Crippen molar-refractivity contribution in [2.24, 2.45) is 5.92 Å². The summed E-state index contributed by atoms with van der Waals surface area (Å²) in [6.07, 6.45) is 7.41. The minimum absolute atomic E-state index is 0.152. The molecule has 2 aromatic rings. The number of amides is 1. The molecule has 1 aromatic heterocycles. The number of thiazole rings is 1. The summed E-state index contributed by atoms with van der Waals surface area (Å²) < 4.78 is 5.13. The molecule has 1 saturated carbocycles. The molecule has 4 nitrogen and oxygen atoms in total. The number of anilines is 1. The third-order valence-electron chi connectivity index (χ3n) is 4.05. The molecule has 22 heavy (non-hydrogen) atoms. The quantitative estimate of drug-likeness (QED) is 0.913. The molecular weight excluding hydrogens is 296 g/mol. The van der Waals surface area contributed by atoms with Crippen molar-refractivity contribution in [3.8, 4) is 15.6 Å². The number of hydrogen-bond acceptors (Lipinski definition) is 4. The number of ether oxygens (including phenoxy) is 1. The van der Waals surface area contributed by atoms with Gasteiger partial charge in [-0.2, -0.15) is 0 Å². The Morgan fingerprint density at radius 1 is 1.32 bits per heavy atom. The van der Waals surface area contributed by atoms with Crippen molar-refractivity contribution in [2.45, 2.75) is 32.1 Å². The predicted molar refractivity (Wildman–Crippen MR) is 89.3 cm³/mol. The average Bonchev–Trinajstić information content (AvgIpc) is 3.05. The van der Waals surface area contributed by atoms with Crippen molar-refractivity contribution in [1.82, 2.24) is 4.98 Å². The lowest BCUT2D eigenvalue weighted by atomic mass is 9.88. The van der Waals surface area contributed by atoms with Crippen LogP contribution in [0.1, 0.15) is 32.1 Å². The predicted octanol–water partition coefficient (Wildman–Crippen LogP) is 4.34. The Hall–Kier alpha value is -1.88. The summed E-state index contributed by atoms with van der Waals surface area (Å²) in [5.41, 5.74) is 1.89. The average molecular weight is 316 g/mol. The molecule has 1 N–H and O–H groups in total. The fourth-order valence-electron chi connectivity index (χ4n) is 2.85. The fraction of sp³-hybridized carbons (Fsp3) is 0.412. The number of methoxy groups -OCH3 is 1. The summed E-state index contributed by atoms with van der Waals surface area (Å²) >= 11 is 1.50. The number of aromatic nitrogens is 1. The molecule has 5 heteroatoms. The van der Waals surface area contributed by atoms with E-state index < -0.39 is 0 Å². The molecule has 1 aromatic carbocycles. The zero-order chi connectivity index (χ0) is 15.4. The summed E-state index contributed by atoms with van der Waals surface area (Å²) in [4.78, 5) is 17.5. The van der Waals surface area contributed by atoms with Gasteiger partial charge in [-0.3, -0.25) is 4.79 Å². The zero-order valence-corrected chi connectivity index (χ0v) is 13.5. The Morgan fingerprint density at radius 2 is 2.14 bits per heavy atom. The summed E-state index contributed by atoms with van der Waals surface area (Å²) in [5, 5.41) is 3.70. The van der Waals surface area contributed by atoms with E-state index in [0.717, 1.165) is 29.0 Å². The Kier molecular flexibility index (Phi) is 4.73. The van der Waals surface area contributed by atoms with Crippen LogP contribution in [0, 0.1) is 5.92 Å². The molecule has 116 valence electrons. The van der Waals surface area contributed by atoms with Crippen LogP contribution < -0.4 is 10.1 Å². The highest BCUT2D eigenvalue weighted by Crippen LogP contribution is 2.32. The maximum Gasteiger partial charge on any atom is 0.273 e. The molecule has 1 amide bonds. The molecule has 1 aliphatic rings. The Labute approximate surface area is 134 Å². The van der Waals surface area contributed by atoms with E-state index in [0.29, 0.717) is 5.19 Å². The van der Waals surface area contributed by atoms with E-state index in [1.165, 1.54) is 30.6 Å². The van der Waals surface area contributed by atoms with Crippen LogP contribution >= 0.6 is 11.3 Å². The first-order chi connectivity index (χ1) is 10.8. The molecule has 0 atom stereocenters. The van der Waals surface area contributed by atoms with E-state index in [2.05, 4.69) is 10.3 Å². The highest BCUT2D eigenvalue weighted by molar-refractivity contribution is 7.16. The van der Waals surface area contributed by atoms with Crippen molar-refractivity contribution in [2.75, 3.05) is 12.4 Å². The number of carbonyl (C=O) groups excluding carboxylic acids is 1. The topological polar surface area (TPSA) is 51.2 Å². The lowest BCUT2D eigenvalue weighted by Crippen LogP contribution is -2.24. The maximum absolute atomic E-state index is 12.3. The highest BCUT2D eigenvalue weighted by atomic mass is 32.1. The number of benzene rings is 1. The van der Waals surface area contributed by atoms with Gasteiger partial charge in [-0.25, -0.2) is 4.98 Å². The molecule has 0 saturated heterocycles. The number of rotatable bonds is 4. The van der Waals surface area contributed by atoms with Crippen LogP contribution in [0.25, 0.3) is 10.4 Å². The second-order valence-corrected chi connectivity index (χ2v) is 6.59. The molecule has 0 radical (unpaired) electrons. The molecular formula is C17H20N2O2S. The van der Waals surface area contributed by atoms with Gasteiger partial charge in [0.2, 0.25) is 5.91 Å². The van der Waals surface area contributed by atoms with Crippen LogP contribution in [0.2, 0.25) is 0 Å². The summed E-state index contributed by atoms with van der Waals surface area (Å²) in [5.74, 6) is 0.319. The standard InChI is InChI=1S/C17H20N2O2S/c1-21-17-18-11-15(22-17)13-8-5-9-14(10-13)19-16(20)12-6-3-2-4-7-12/h5,8-12H,2-4,6-7H2,1H3,(H,19,20). The number of hydrogen-bond donors (Lipinski definition) is 1. The summed E-state index contributed by atoms with van der Waals surface area (Å²) in [7, 11) is 1.61. The van der Waals surface area contributed by atoms with Crippen molar-refractivity contribution in [1.29, 1.82) is 0 Å². The monoisotopic (exact) mass is 316 g/mol. The van der Waals surface area contributed by atoms with E-state index in [9.17, 15) is 4.79 Å². The Morgan fingerprint density at radius 3 is 2.86 bits per heavy atom. The van der Waals surface area contributed by atoms with Crippen molar-refractivity contribution in [3.05, 3.63) is 30.5 Å². The number of nitrogens with zero attached hydrogens (tertiary/aromatic N) is 1. The minimum atomic E-state index is 0.152. The summed E-state index contributed by atoms with van der Waals surface area (Å²) in [6.45, 7) is 0. The van der Waals surface area contributed by atoms with Gasteiger partial charge in [0.25, 0.3) is 5.19 Å². The third-order valence-corrected chi connectivity index (χ3v) is 5.06. The first kappa shape index (κ1) is 15.0. The van der Waals surface area contributed by atoms with Crippen molar-refractivity contribution >= 4 is 22.9 Å². The first-order valence-corrected chi connectivity index (χ1v) is 8.49. The van der Waals surface area contributed by atoms with Crippen LogP contribution in [0.15, 0.2) is 30.5 Å². The van der Waals surface area contributed by atoms with Crippen LogP contribution in [0.4, 0.5) is 5.69 Å². The van der Waals surface area contributed by atoms with Gasteiger partial charge >= 0.3 is 0 Å². The lowest BCUT2D eigenvalue weighted by Gasteiger charge is -2.20. The van der Waals surface area contributed by atoms with Gasteiger partial charge in [0, 0.05) is 17.8 Å². The van der Waals surface area contributed by atoms with Gasteiger partial charge in [0.05, 0.1) is 12.0 Å². The Balaban J connectivity index is 1.72. The zero-order valence-electron chi connectivity index (χ0n) is 12.7. The van der Waals surface area contributed by atoms with E-state index in [1.807, 2.05) is 24.3 Å². The van der Waals surface area contributed by atoms with Crippen LogP contribution in [-0.4, -0.2) is 18.0 Å². The Bertz CT molecular complexity index is 648. The molecule has 3 rings (SSSR count). The van der Waals surface area contributed by atoms with Gasteiger partial charge in [0.1, 0.15) is 0 Å². The van der Waals surface area contributed by atoms with E-state index in [1.54, 1.807) is 13.3 Å². The van der Waals surface area contributed by atoms with E-state index in [4.69, 9.17) is 4.74 Å². The molecule has 0 aliphatic heterocycles. The van der Waals surface area contributed by atoms with Crippen molar-refractivity contribution in [3.63, 3.8) is 0 Å². The SMILES string of the molecule is COc1ncc(-c2cccc(NC(=O)C3CCCCC3)c2)s1.